The van der Waals surface area contributed by atoms with Gasteiger partial charge < -0.3 is 10.2 Å². The summed E-state index contributed by atoms with van der Waals surface area (Å²) in [7, 11) is 2.96. The van der Waals surface area contributed by atoms with Crippen molar-refractivity contribution in [2.24, 2.45) is 0 Å². The average Bonchev–Trinajstić information content (AvgIpc) is 2.34. The Labute approximate surface area is 103 Å². The topological polar surface area (TPSA) is 45.2 Å². The van der Waals surface area contributed by atoms with E-state index in [2.05, 4.69) is 10.3 Å². The molecule has 0 aromatic carbocycles. The predicted molar refractivity (Wildman–Crippen MR) is 61.4 cm³/mol. The van der Waals surface area contributed by atoms with Gasteiger partial charge in [0.1, 0.15) is 0 Å². The van der Waals surface area contributed by atoms with Crippen LogP contribution in [0.5, 0.6) is 0 Å². The van der Waals surface area contributed by atoms with Crippen LogP contribution in [0.15, 0.2) is 18.5 Å². The number of carbonyl (C=O) groups excluding carboxylic acids is 1. The van der Waals surface area contributed by atoms with Crippen molar-refractivity contribution in [1.82, 2.24) is 9.88 Å². The van der Waals surface area contributed by atoms with E-state index >= 15 is 0 Å². The third-order valence-electron chi connectivity index (χ3n) is 2.40. The quantitative estimate of drug-likeness (QED) is 0.903. The molecule has 7 heteroatoms. The molecule has 18 heavy (non-hydrogen) atoms. The standard InChI is InChI=1S/C11H14F3N3O/c1-15-9-7-16-5-3-8(9)10(18)17(2)6-4-11(12,13)14/h3,5,7,15H,4,6H2,1-2H3. The third kappa shape index (κ3) is 3.90. The van der Waals surface area contributed by atoms with Crippen molar-refractivity contribution in [3.63, 3.8) is 0 Å². The molecule has 1 N–H and O–H groups in total. The first-order valence-corrected chi connectivity index (χ1v) is 5.29. The fraction of sp³-hybridized carbons (Fsp3) is 0.455. The molecular formula is C11H14F3N3O. The van der Waals surface area contributed by atoms with Crippen LogP contribution >= 0.6 is 0 Å². The summed E-state index contributed by atoms with van der Waals surface area (Å²) in [6.07, 6.45) is -2.41. The SMILES string of the molecule is CNc1cnccc1C(=O)N(C)CCC(F)(F)F. The lowest BCUT2D eigenvalue weighted by molar-refractivity contribution is -0.136. The molecule has 0 atom stereocenters. The van der Waals surface area contributed by atoms with Gasteiger partial charge in [-0.15, -0.1) is 0 Å². The molecule has 0 aliphatic rings. The van der Waals surface area contributed by atoms with Crippen molar-refractivity contribution in [3.8, 4) is 0 Å². The third-order valence-corrected chi connectivity index (χ3v) is 2.40. The van der Waals surface area contributed by atoms with E-state index in [1.807, 2.05) is 0 Å². The maximum Gasteiger partial charge on any atom is 0.390 e. The Morgan fingerprint density at radius 2 is 2.17 bits per heavy atom. The maximum atomic E-state index is 12.1. The molecule has 1 heterocycles. The Kier molecular flexibility index (Phi) is 4.52. The summed E-state index contributed by atoms with van der Waals surface area (Å²) in [6.45, 7) is -0.367. The zero-order chi connectivity index (χ0) is 13.8. The van der Waals surface area contributed by atoms with Gasteiger partial charge in [0.25, 0.3) is 5.91 Å². The van der Waals surface area contributed by atoms with Crippen LogP contribution in [0.2, 0.25) is 0 Å². The molecule has 100 valence electrons. The van der Waals surface area contributed by atoms with Crippen LogP contribution in [0.3, 0.4) is 0 Å². The maximum absolute atomic E-state index is 12.1. The summed E-state index contributed by atoms with van der Waals surface area (Å²) in [4.78, 5) is 16.8. The first kappa shape index (κ1) is 14.3. The zero-order valence-electron chi connectivity index (χ0n) is 10.1. The highest BCUT2D eigenvalue weighted by molar-refractivity contribution is 5.99. The zero-order valence-corrected chi connectivity index (χ0v) is 10.1. The molecule has 0 aliphatic heterocycles. The van der Waals surface area contributed by atoms with Crippen molar-refractivity contribution in [1.29, 1.82) is 0 Å². The van der Waals surface area contributed by atoms with Crippen LogP contribution in [0, 0.1) is 0 Å². The number of nitrogens with one attached hydrogen (secondary N) is 1. The molecule has 1 aromatic heterocycles. The van der Waals surface area contributed by atoms with Crippen LogP contribution in [0.4, 0.5) is 18.9 Å². The van der Waals surface area contributed by atoms with Crippen LogP contribution in [-0.4, -0.2) is 42.6 Å². The smallest absolute Gasteiger partial charge is 0.386 e. The van der Waals surface area contributed by atoms with Gasteiger partial charge in [-0.2, -0.15) is 13.2 Å². The minimum Gasteiger partial charge on any atom is -0.386 e. The largest absolute Gasteiger partial charge is 0.390 e. The summed E-state index contributed by atoms with van der Waals surface area (Å²) in [6, 6.07) is 1.47. The lowest BCUT2D eigenvalue weighted by Gasteiger charge is -2.19. The molecule has 1 rings (SSSR count). The summed E-state index contributed by atoms with van der Waals surface area (Å²) >= 11 is 0. The molecule has 0 unspecified atom stereocenters. The minimum absolute atomic E-state index is 0.303. The molecule has 0 bridgehead atoms. The second kappa shape index (κ2) is 5.70. The molecule has 0 aliphatic carbocycles. The Morgan fingerprint density at radius 3 is 2.72 bits per heavy atom. The number of rotatable bonds is 4. The van der Waals surface area contributed by atoms with E-state index in [1.165, 1.54) is 25.5 Å². The molecule has 4 nitrogen and oxygen atoms in total. The number of halogens is 3. The number of amides is 1. The van der Waals surface area contributed by atoms with Crippen LogP contribution in [0.25, 0.3) is 0 Å². The van der Waals surface area contributed by atoms with Crippen LogP contribution < -0.4 is 5.32 Å². The van der Waals surface area contributed by atoms with Gasteiger partial charge in [0.15, 0.2) is 0 Å². The van der Waals surface area contributed by atoms with Gasteiger partial charge in [-0.3, -0.25) is 9.78 Å². The van der Waals surface area contributed by atoms with Gasteiger partial charge in [-0.05, 0) is 6.07 Å². The van der Waals surface area contributed by atoms with E-state index in [1.54, 1.807) is 7.05 Å². The predicted octanol–water partition coefficient (Wildman–Crippen LogP) is 2.15. The fourth-order valence-electron chi connectivity index (χ4n) is 1.38. The highest BCUT2D eigenvalue weighted by Gasteiger charge is 2.28. The molecule has 1 amide bonds. The van der Waals surface area contributed by atoms with Gasteiger partial charge in [0, 0.05) is 26.8 Å². The monoisotopic (exact) mass is 261 g/mol. The van der Waals surface area contributed by atoms with Gasteiger partial charge in [-0.1, -0.05) is 0 Å². The van der Waals surface area contributed by atoms with E-state index in [-0.39, 0.29) is 6.54 Å². The van der Waals surface area contributed by atoms with E-state index in [4.69, 9.17) is 0 Å². The summed E-state index contributed by atoms with van der Waals surface area (Å²) in [5, 5.41) is 2.77. The molecule has 0 fully saturated rings. The Bertz CT molecular complexity index is 420. The Hall–Kier alpha value is -1.79. The van der Waals surface area contributed by atoms with E-state index in [0.717, 1.165) is 4.90 Å². The number of aromatic nitrogens is 1. The summed E-state index contributed by atoms with van der Waals surface area (Å²) in [5.41, 5.74) is 0.790. The minimum atomic E-state index is -4.27. The van der Waals surface area contributed by atoms with Crippen LogP contribution in [-0.2, 0) is 0 Å². The molecule has 0 saturated heterocycles. The number of alkyl halides is 3. The number of hydrogen-bond acceptors (Lipinski definition) is 3. The second-order valence-electron chi connectivity index (χ2n) is 3.76. The second-order valence-corrected chi connectivity index (χ2v) is 3.76. The van der Waals surface area contributed by atoms with Gasteiger partial charge in [0.2, 0.25) is 0 Å². The number of hydrogen-bond donors (Lipinski definition) is 1. The summed E-state index contributed by atoms with van der Waals surface area (Å²) in [5.74, 6) is -0.467. The fourth-order valence-corrected chi connectivity index (χ4v) is 1.38. The van der Waals surface area contributed by atoms with Gasteiger partial charge in [-0.25, -0.2) is 0 Å². The number of nitrogens with zero attached hydrogens (tertiary/aromatic N) is 2. The molecule has 0 saturated carbocycles. The lowest BCUT2D eigenvalue weighted by atomic mass is 10.2. The highest BCUT2D eigenvalue weighted by atomic mass is 19.4. The Balaban J connectivity index is 2.74. The van der Waals surface area contributed by atoms with Crippen molar-refractivity contribution in [3.05, 3.63) is 24.0 Å². The average molecular weight is 261 g/mol. The normalized spacial score (nSPS) is 11.2. The number of pyridine rings is 1. The first-order chi connectivity index (χ1) is 8.35. The number of anilines is 1. The van der Waals surface area contributed by atoms with Gasteiger partial charge >= 0.3 is 6.18 Å². The van der Waals surface area contributed by atoms with Crippen molar-refractivity contribution in [2.75, 3.05) is 26.0 Å². The molecular weight excluding hydrogens is 247 g/mol. The lowest BCUT2D eigenvalue weighted by Crippen LogP contribution is -2.31. The van der Waals surface area contributed by atoms with E-state index in [0.29, 0.717) is 11.3 Å². The van der Waals surface area contributed by atoms with Crippen molar-refractivity contribution < 1.29 is 18.0 Å². The summed E-state index contributed by atoms with van der Waals surface area (Å²) < 4.78 is 36.2. The number of carbonyl (C=O) groups is 1. The first-order valence-electron chi connectivity index (χ1n) is 5.29. The van der Waals surface area contributed by atoms with Crippen molar-refractivity contribution >= 4 is 11.6 Å². The Morgan fingerprint density at radius 1 is 1.50 bits per heavy atom. The van der Waals surface area contributed by atoms with E-state index in [9.17, 15) is 18.0 Å². The highest BCUT2D eigenvalue weighted by Crippen LogP contribution is 2.21. The van der Waals surface area contributed by atoms with E-state index < -0.39 is 18.5 Å². The van der Waals surface area contributed by atoms with Crippen LogP contribution in [0.1, 0.15) is 16.8 Å². The molecule has 0 spiro atoms. The van der Waals surface area contributed by atoms with Gasteiger partial charge in [0.05, 0.1) is 23.9 Å². The molecule has 1 aromatic rings. The molecule has 0 radical (unpaired) electrons. The van der Waals surface area contributed by atoms with Crippen molar-refractivity contribution in [2.45, 2.75) is 12.6 Å².